The maximum absolute atomic E-state index is 14.5. The molecule has 11 heteroatoms. The lowest BCUT2D eigenvalue weighted by Gasteiger charge is -2.34. The number of anilines is 2. The first-order chi connectivity index (χ1) is 16.4. The second-order valence-corrected chi connectivity index (χ2v) is 9.05. The number of amides is 1. The van der Waals surface area contributed by atoms with Crippen LogP contribution in [0, 0.1) is 5.82 Å². The number of carbonyl (C=O) groups is 1. The zero-order valence-corrected chi connectivity index (χ0v) is 19.8. The Morgan fingerprint density at radius 1 is 1.26 bits per heavy atom. The van der Waals surface area contributed by atoms with E-state index >= 15 is 0 Å². The van der Waals surface area contributed by atoms with Crippen LogP contribution in [0.25, 0.3) is 10.9 Å². The Hall–Kier alpha value is -2.88. The van der Waals surface area contributed by atoms with Crippen molar-refractivity contribution >= 4 is 51.5 Å². The number of fused-ring (bicyclic) bond motifs is 2. The van der Waals surface area contributed by atoms with Crippen LogP contribution in [-0.2, 0) is 4.79 Å². The molecule has 34 heavy (non-hydrogen) atoms. The van der Waals surface area contributed by atoms with Crippen molar-refractivity contribution in [3.63, 3.8) is 0 Å². The van der Waals surface area contributed by atoms with E-state index in [0.29, 0.717) is 34.8 Å². The van der Waals surface area contributed by atoms with Crippen LogP contribution in [0.4, 0.5) is 15.9 Å². The number of nitrogens with one attached hydrogen (secondary N) is 2. The first-order valence-corrected chi connectivity index (χ1v) is 11.6. The molecule has 8 nitrogen and oxygen atoms in total. The van der Waals surface area contributed by atoms with Crippen molar-refractivity contribution in [2.24, 2.45) is 0 Å². The van der Waals surface area contributed by atoms with Crippen molar-refractivity contribution in [1.29, 1.82) is 0 Å². The molecule has 2 aliphatic rings. The van der Waals surface area contributed by atoms with Gasteiger partial charge in [-0.25, -0.2) is 14.4 Å². The molecule has 2 aliphatic heterocycles. The van der Waals surface area contributed by atoms with Crippen molar-refractivity contribution in [3.05, 3.63) is 46.5 Å². The molecular formula is C23H22Cl2FN5O3. The van der Waals surface area contributed by atoms with Crippen molar-refractivity contribution < 1.29 is 18.7 Å². The van der Waals surface area contributed by atoms with Gasteiger partial charge < -0.3 is 20.1 Å². The fourth-order valence-electron chi connectivity index (χ4n) is 4.44. The highest BCUT2D eigenvalue weighted by Crippen LogP contribution is 2.36. The molecule has 2 atom stereocenters. The van der Waals surface area contributed by atoms with Gasteiger partial charge in [-0.05, 0) is 37.6 Å². The zero-order valence-electron chi connectivity index (χ0n) is 18.3. The Labute approximate surface area is 205 Å². The minimum absolute atomic E-state index is 0.0190. The molecule has 1 aromatic heterocycles. The van der Waals surface area contributed by atoms with Crippen molar-refractivity contribution in [1.82, 2.24) is 20.2 Å². The van der Waals surface area contributed by atoms with Crippen LogP contribution in [0.2, 0.25) is 10.0 Å². The average Bonchev–Trinajstić information content (AvgIpc) is 3.32. The summed E-state index contributed by atoms with van der Waals surface area (Å²) >= 11 is 11.8. The highest BCUT2D eigenvalue weighted by molar-refractivity contribution is 6.42. The van der Waals surface area contributed by atoms with Gasteiger partial charge in [0, 0.05) is 18.0 Å². The van der Waals surface area contributed by atoms with E-state index in [0.717, 1.165) is 25.9 Å². The number of ether oxygens (including phenoxy) is 2. The molecule has 3 heterocycles. The van der Waals surface area contributed by atoms with Gasteiger partial charge in [0.05, 0.1) is 40.4 Å². The Balaban J connectivity index is 1.38. The van der Waals surface area contributed by atoms with Crippen LogP contribution in [0.1, 0.15) is 12.8 Å². The minimum atomic E-state index is -0.678. The molecule has 2 fully saturated rings. The standard InChI is InChI=1S/C23H22Cl2FN5O3/c1-33-18-7-13-16(27-11-28-22(13)30-15-5-4-14(24)20(25)21(15)26)8-19(18)34-10-12-9-31-6-2-3-17(31)23(32)29-12/h4-5,7-8,11-12,17H,2-3,6,9-10H2,1H3,(H,29,32)(H,27,28,30)/t12-,17?/m0/s1. The maximum atomic E-state index is 14.5. The van der Waals surface area contributed by atoms with Crippen LogP contribution in [0.15, 0.2) is 30.6 Å². The SMILES string of the molecule is COc1cc2c(Nc3ccc(Cl)c(Cl)c3F)ncnc2cc1OC[C@@H]1CN2CCCC2C(=O)N1. The third-order valence-electron chi connectivity index (χ3n) is 6.12. The van der Waals surface area contributed by atoms with Gasteiger partial charge >= 0.3 is 0 Å². The predicted molar refractivity (Wildman–Crippen MR) is 128 cm³/mol. The first-order valence-electron chi connectivity index (χ1n) is 10.8. The minimum Gasteiger partial charge on any atom is -0.493 e. The lowest BCUT2D eigenvalue weighted by molar-refractivity contribution is -0.129. The number of piperazine rings is 1. The highest BCUT2D eigenvalue weighted by Gasteiger charge is 2.37. The number of halogens is 3. The Morgan fingerprint density at radius 2 is 2.12 bits per heavy atom. The van der Waals surface area contributed by atoms with Gasteiger partial charge in [0.15, 0.2) is 17.3 Å². The average molecular weight is 506 g/mol. The zero-order chi connectivity index (χ0) is 23.8. The van der Waals surface area contributed by atoms with Crippen LogP contribution in [-0.4, -0.2) is 59.7 Å². The molecular weight excluding hydrogens is 484 g/mol. The molecule has 178 valence electrons. The van der Waals surface area contributed by atoms with Gasteiger partial charge in [-0.15, -0.1) is 0 Å². The number of hydrogen-bond donors (Lipinski definition) is 2. The summed E-state index contributed by atoms with van der Waals surface area (Å²) in [5, 5.41) is 6.54. The molecule has 1 amide bonds. The van der Waals surface area contributed by atoms with Crippen LogP contribution >= 0.6 is 23.2 Å². The third-order valence-corrected chi connectivity index (χ3v) is 6.90. The normalized spacial score (nSPS) is 20.2. The number of carbonyl (C=O) groups excluding carboxylic acids is 1. The summed E-state index contributed by atoms with van der Waals surface area (Å²) in [6.07, 6.45) is 3.30. The summed E-state index contributed by atoms with van der Waals surface area (Å²) in [4.78, 5) is 23.1. The fraction of sp³-hybridized carbons (Fsp3) is 0.348. The molecule has 0 bridgehead atoms. The molecule has 2 N–H and O–H groups in total. The second kappa shape index (κ2) is 9.40. The van der Waals surface area contributed by atoms with E-state index in [4.69, 9.17) is 32.7 Å². The molecule has 2 saturated heterocycles. The van der Waals surface area contributed by atoms with E-state index in [9.17, 15) is 9.18 Å². The van der Waals surface area contributed by atoms with Gasteiger partial charge in [0.25, 0.3) is 0 Å². The topological polar surface area (TPSA) is 88.6 Å². The quantitative estimate of drug-likeness (QED) is 0.486. The summed E-state index contributed by atoms with van der Waals surface area (Å²) in [5.41, 5.74) is 0.697. The Kier molecular flexibility index (Phi) is 6.33. The molecule has 0 saturated carbocycles. The summed E-state index contributed by atoms with van der Waals surface area (Å²) < 4.78 is 26.1. The van der Waals surface area contributed by atoms with Crippen LogP contribution < -0.4 is 20.1 Å². The number of hydrogen-bond acceptors (Lipinski definition) is 7. The van der Waals surface area contributed by atoms with E-state index in [1.54, 1.807) is 12.1 Å². The molecule has 5 rings (SSSR count). The molecule has 3 aromatic rings. The summed E-state index contributed by atoms with van der Waals surface area (Å²) in [6.45, 7) is 1.97. The van der Waals surface area contributed by atoms with Gasteiger partial charge in [0.2, 0.25) is 5.91 Å². The maximum Gasteiger partial charge on any atom is 0.237 e. The number of rotatable bonds is 6. The number of aromatic nitrogens is 2. The number of methoxy groups -OCH3 is 1. The summed E-state index contributed by atoms with van der Waals surface area (Å²) in [5.74, 6) is 0.689. The lowest BCUT2D eigenvalue weighted by Crippen LogP contribution is -2.59. The molecule has 1 unspecified atom stereocenters. The van der Waals surface area contributed by atoms with Gasteiger partial charge in [0.1, 0.15) is 18.8 Å². The third kappa shape index (κ3) is 4.31. The lowest BCUT2D eigenvalue weighted by atomic mass is 10.1. The van der Waals surface area contributed by atoms with Crippen molar-refractivity contribution in [3.8, 4) is 11.5 Å². The van der Waals surface area contributed by atoms with Gasteiger partial charge in [-0.1, -0.05) is 23.2 Å². The van der Waals surface area contributed by atoms with E-state index in [-0.39, 0.29) is 33.7 Å². The number of nitrogens with zero attached hydrogens (tertiary/aromatic N) is 3. The van der Waals surface area contributed by atoms with Crippen LogP contribution in [0.5, 0.6) is 11.5 Å². The van der Waals surface area contributed by atoms with Gasteiger partial charge in [-0.2, -0.15) is 0 Å². The van der Waals surface area contributed by atoms with Crippen LogP contribution in [0.3, 0.4) is 0 Å². The largest absolute Gasteiger partial charge is 0.493 e. The molecule has 0 spiro atoms. The Bertz CT molecular complexity index is 1260. The van der Waals surface area contributed by atoms with Gasteiger partial charge in [-0.3, -0.25) is 9.69 Å². The van der Waals surface area contributed by atoms with E-state index < -0.39 is 5.82 Å². The monoisotopic (exact) mass is 505 g/mol. The summed E-state index contributed by atoms with van der Waals surface area (Å²) in [6, 6.07) is 6.29. The molecule has 0 radical (unpaired) electrons. The predicted octanol–water partition coefficient (Wildman–Crippen LogP) is 4.17. The smallest absolute Gasteiger partial charge is 0.237 e. The second-order valence-electron chi connectivity index (χ2n) is 8.26. The fourth-order valence-corrected chi connectivity index (χ4v) is 4.75. The van der Waals surface area contributed by atoms with Crippen molar-refractivity contribution in [2.75, 3.05) is 32.1 Å². The van der Waals surface area contributed by atoms with E-state index in [1.807, 2.05) is 0 Å². The highest BCUT2D eigenvalue weighted by atomic mass is 35.5. The van der Waals surface area contributed by atoms with E-state index in [2.05, 4.69) is 25.5 Å². The molecule has 0 aliphatic carbocycles. The van der Waals surface area contributed by atoms with Crippen molar-refractivity contribution in [2.45, 2.75) is 24.9 Å². The first kappa shape index (κ1) is 22.9. The summed E-state index contributed by atoms with van der Waals surface area (Å²) in [7, 11) is 1.53. The number of benzene rings is 2. The Morgan fingerprint density at radius 3 is 2.94 bits per heavy atom. The molecule has 2 aromatic carbocycles. The van der Waals surface area contributed by atoms with E-state index in [1.165, 1.54) is 25.6 Å².